The molecule has 0 atom stereocenters. The summed E-state index contributed by atoms with van der Waals surface area (Å²) in [7, 11) is 0. The summed E-state index contributed by atoms with van der Waals surface area (Å²) in [6.07, 6.45) is 3.27. The van der Waals surface area contributed by atoms with Crippen LogP contribution in [0.1, 0.15) is 5.56 Å². The van der Waals surface area contributed by atoms with Gasteiger partial charge in [0.2, 0.25) is 6.79 Å². The van der Waals surface area contributed by atoms with Crippen LogP contribution < -0.4 is 14.8 Å². The highest BCUT2D eigenvalue weighted by Gasteiger charge is 2.15. The number of nitrogens with zero attached hydrogens (tertiary/aromatic N) is 2. The molecule has 0 amide bonds. The van der Waals surface area contributed by atoms with E-state index in [2.05, 4.69) is 15.3 Å². The zero-order valence-electron chi connectivity index (χ0n) is 13.4. The van der Waals surface area contributed by atoms with Crippen LogP contribution in [0.3, 0.4) is 0 Å². The molecule has 0 saturated carbocycles. The first kappa shape index (κ1) is 18.6. The molecule has 0 unspecified atom stereocenters. The van der Waals surface area contributed by atoms with E-state index in [1.807, 2.05) is 30.3 Å². The van der Waals surface area contributed by atoms with E-state index < -0.39 is 0 Å². The molecule has 0 aliphatic carbocycles. The zero-order chi connectivity index (χ0) is 17.2. The highest BCUT2D eigenvalue weighted by Crippen LogP contribution is 2.37. The van der Waals surface area contributed by atoms with Gasteiger partial charge in [-0.25, -0.2) is 9.97 Å². The summed E-state index contributed by atoms with van der Waals surface area (Å²) in [5, 5.41) is 4.51. The van der Waals surface area contributed by atoms with Gasteiger partial charge in [-0.1, -0.05) is 29.3 Å². The third kappa shape index (κ3) is 3.96. The molecule has 1 aromatic heterocycles. The number of hydrogen-bond acceptors (Lipinski definition) is 5. The molecule has 0 spiro atoms. The van der Waals surface area contributed by atoms with Gasteiger partial charge in [-0.05, 0) is 41.5 Å². The minimum absolute atomic E-state index is 0. The Morgan fingerprint density at radius 3 is 2.58 bits per heavy atom. The fraction of sp³-hybridized carbons (Fsp3) is 0.111. The SMILES string of the molecule is Cl.Clc1cc(Cl)cc(CNc2ncncc2-c2ccc3c(c2)OCO3)c1. The lowest BCUT2D eigenvalue weighted by molar-refractivity contribution is 0.174. The molecule has 1 N–H and O–H groups in total. The number of nitrogens with one attached hydrogen (secondary N) is 1. The van der Waals surface area contributed by atoms with E-state index in [1.165, 1.54) is 6.33 Å². The van der Waals surface area contributed by atoms with Crippen LogP contribution in [0.15, 0.2) is 48.9 Å². The van der Waals surface area contributed by atoms with Crippen molar-refractivity contribution < 1.29 is 9.47 Å². The van der Waals surface area contributed by atoms with Crippen molar-refractivity contribution in [3.05, 3.63) is 64.5 Å². The Bertz CT molecular complexity index is 917. The Kier molecular flexibility index (Phi) is 5.71. The van der Waals surface area contributed by atoms with Gasteiger partial charge in [0.05, 0.1) is 0 Å². The zero-order valence-corrected chi connectivity index (χ0v) is 15.7. The highest BCUT2D eigenvalue weighted by molar-refractivity contribution is 6.34. The summed E-state index contributed by atoms with van der Waals surface area (Å²) in [5.74, 6) is 2.17. The number of ether oxygens (including phenoxy) is 2. The number of rotatable bonds is 4. The molecule has 0 saturated heterocycles. The molecule has 5 nitrogen and oxygen atoms in total. The molecule has 0 bridgehead atoms. The normalized spacial score (nSPS) is 11.8. The molecule has 134 valence electrons. The summed E-state index contributed by atoms with van der Waals surface area (Å²) in [6, 6.07) is 11.2. The average molecular weight is 411 g/mol. The number of anilines is 1. The van der Waals surface area contributed by atoms with E-state index in [9.17, 15) is 0 Å². The van der Waals surface area contributed by atoms with E-state index in [0.29, 0.717) is 28.2 Å². The number of aromatic nitrogens is 2. The molecule has 1 aliphatic heterocycles. The second-order valence-corrected chi connectivity index (χ2v) is 6.36. The molecule has 8 heteroatoms. The van der Waals surface area contributed by atoms with Crippen molar-refractivity contribution in [1.82, 2.24) is 9.97 Å². The van der Waals surface area contributed by atoms with Crippen LogP contribution in [0.2, 0.25) is 10.0 Å². The minimum atomic E-state index is 0. The quantitative estimate of drug-likeness (QED) is 0.639. The molecular formula is C18H14Cl3N3O2. The molecular weight excluding hydrogens is 397 g/mol. The van der Waals surface area contributed by atoms with Crippen LogP contribution in [-0.4, -0.2) is 16.8 Å². The topological polar surface area (TPSA) is 56.3 Å². The average Bonchev–Trinajstić information content (AvgIpc) is 3.07. The third-order valence-corrected chi connectivity index (χ3v) is 4.21. The van der Waals surface area contributed by atoms with Crippen LogP contribution in [0.5, 0.6) is 11.5 Å². The lowest BCUT2D eigenvalue weighted by atomic mass is 10.1. The van der Waals surface area contributed by atoms with Gasteiger partial charge >= 0.3 is 0 Å². The predicted octanol–water partition coefficient (Wildman–Crippen LogP) is 5.21. The van der Waals surface area contributed by atoms with E-state index in [-0.39, 0.29) is 19.2 Å². The molecule has 4 rings (SSSR count). The Balaban J connectivity index is 0.00000196. The molecule has 1 aliphatic rings. The van der Waals surface area contributed by atoms with Crippen molar-refractivity contribution in [2.45, 2.75) is 6.54 Å². The fourth-order valence-corrected chi connectivity index (χ4v) is 3.22. The maximum absolute atomic E-state index is 6.05. The first-order valence-electron chi connectivity index (χ1n) is 7.58. The van der Waals surface area contributed by atoms with E-state index in [4.69, 9.17) is 32.7 Å². The Hall–Kier alpha value is -2.21. The van der Waals surface area contributed by atoms with Crippen LogP contribution in [0.4, 0.5) is 5.82 Å². The maximum atomic E-state index is 6.05. The smallest absolute Gasteiger partial charge is 0.231 e. The first-order valence-corrected chi connectivity index (χ1v) is 8.33. The fourth-order valence-electron chi connectivity index (χ4n) is 2.64. The monoisotopic (exact) mass is 409 g/mol. The van der Waals surface area contributed by atoms with Crippen molar-refractivity contribution in [2.75, 3.05) is 12.1 Å². The molecule has 2 heterocycles. The van der Waals surface area contributed by atoms with Gasteiger partial charge in [0.1, 0.15) is 12.1 Å². The van der Waals surface area contributed by atoms with Crippen LogP contribution in [0, 0.1) is 0 Å². The summed E-state index contributed by atoms with van der Waals surface area (Å²) in [6.45, 7) is 0.777. The first-order chi connectivity index (χ1) is 12.2. The second-order valence-electron chi connectivity index (χ2n) is 5.48. The maximum Gasteiger partial charge on any atom is 0.231 e. The van der Waals surface area contributed by atoms with E-state index in [0.717, 1.165) is 22.4 Å². The highest BCUT2D eigenvalue weighted by atomic mass is 35.5. The van der Waals surface area contributed by atoms with Crippen molar-refractivity contribution in [1.29, 1.82) is 0 Å². The number of benzene rings is 2. The molecule has 26 heavy (non-hydrogen) atoms. The number of fused-ring (bicyclic) bond motifs is 1. The van der Waals surface area contributed by atoms with Crippen LogP contribution in [0.25, 0.3) is 11.1 Å². The predicted molar refractivity (Wildman–Crippen MR) is 105 cm³/mol. The summed E-state index contributed by atoms with van der Waals surface area (Å²) in [4.78, 5) is 8.48. The Morgan fingerprint density at radius 2 is 1.77 bits per heavy atom. The van der Waals surface area contributed by atoms with Crippen LogP contribution in [-0.2, 0) is 6.54 Å². The van der Waals surface area contributed by atoms with Crippen molar-refractivity contribution >= 4 is 41.4 Å². The summed E-state index contributed by atoms with van der Waals surface area (Å²) in [5.41, 5.74) is 2.78. The molecule has 3 aromatic rings. The van der Waals surface area contributed by atoms with E-state index in [1.54, 1.807) is 12.3 Å². The Labute approximate surface area is 166 Å². The van der Waals surface area contributed by atoms with Gasteiger partial charge in [0, 0.05) is 28.4 Å². The van der Waals surface area contributed by atoms with Gasteiger partial charge in [0.15, 0.2) is 11.5 Å². The third-order valence-electron chi connectivity index (χ3n) is 3.78. The second kappa shape index (κ2) is 7.99. The number of hydrogen-bond donors (Lipinski definition) is 1. The molecule has 0 fully saturated rings. The largest absolute Gasteiger partial charge is 0.454 e. The standard InChI is InChI=1S/C18H13Cl2N3O2.ClH/c19-13-3-11(4-14(20)6-13)7-22-18-15(8-21-9-23-18)12-1-2-16-17(5-12)25-10-24-16;/h1-6,8-9H,7,10H2,(H,21,22,23);1H. The van der Waals surface area contributed by atoms with Gasteiger partial charge < -0.3 is 14.8 Å². The van der Waals surface area contributed by atoms with Crippen molar-refractivity contribution in [3.63, 3.8) is 0 Å². The summed E-state index contributed by atoms with van der Waals surface area (Å²) >= 11 is 12.1. The molecule has 2 aromatic carbocycles. The minimum Gasteiger partial charge on any atom is -0.454 e. The van der Waals surface area contributed by atoms with Crippen molar-refractivity contribution in [2.24, 2.45) is 0 Å². The van der Waals surface area contributed by atoms with E-state index >= 15 is 0 Å². The summed E-state index contributed by atoms with van der Waals surface area (Å²) < 4.78 is 10.8. The van der Waals surface area contributed by atoms with Gasteiger partial charge in [0.25, 0.3) is 0 Å². The molecule has 0 radical (unpaired) electrons. The van der Waals surface area contributed by atoms with Gasteiger partial charge in [-0.3, -0.25) is 0 Å². The van der Waals surface area contributed by atoms with Gasteiger partial charge in [-0.15, -0.1) is 12.4 Å². The Morgan fingerprint density at radius 1 is 1.00 bits per heavy atom. The van der Waals surface area contributed by atoms with Gasteiger partial charge in [-0.2, -0.15) is 0 Å². The lowest BCUT2D eigenvalue weighted by Crippen LogP contribution is -2.03. The van der Waals surface area contributed by atoms with Crippen LogP contribution >= 0.6 is 35.6 Å². The number of halogens is 3. The lowest BCUT2D eigenvalue weighted by Gasteiger charge is -2.11. The van der Waals surface area contributed by atoms with Crippen molar-refractivity contribution in [3.8, 4) is 22.6 Å².